The number of carbonyl (C=O) groups excluding carboxylic acids is 2. The maximum absolute atomic E-state index is 15.3. The van der Waals surface area contributed by atoms with Crippen LogP contribution in [0.3, 0.4) is 0 Å². The van der Waals surface area contributed by atoms with Gasteiger partial charge < -0.3 is 20.3 Å². The number of aromatic nitrogens is 2. The monoisotopic (exact) mass is 671 g/mol. The Morgan fingerprint density at radius 2 is 2.02 bits per heavy atom. The number of hydrazine groups is 2. The zero-order valence-electron chi connectivity index (χ0n) is 26.0. The van der Waals surface area contributed by atoms with Crippen LogP contribution in [-0.2, 0) is 16.0 Å². The highest BCUT2D eigenvalue weighted by molar-refractivity contribution is 6.31. The first-order chi connectivity index (χ1) is 23.5. The number of hydrazone groups is 1. The van der Waals surface area contributed by atoms with Gasteiger partial charge in [-0.3, -0.25) is 14.7 Å². The maximum Gasteiger partial charge on any atom is 0.251 e. The summed E-state index contributed by atoms with van der Waals surface area (Å²) in [5.74, 6) is -0.208. The molecule has 14 heteroatoms. The molecule has 48 heavy (non-hydrogen) atoms. The van der Waals surface area contributed by atoms with Crippen molar-refractivity contribution in [2.45, 2.75) is 31.7 Å². The number of hydrogen-bond donors (Lipinski definition) is 5. The second kappa shape index (κ2) is 14.0. The van der Waals surface area contributed by atoms with Gasteiger partial charge in [0.05, 0.1) is 29.0 Å². The standard InChI is InChI=1S/C34H35ClFN9O3/c35-27-7-8-29(45-20-39-42-43-45)26(32(27)36)6-9-31(46)44-16-12-24-25(2-1-3-30(24)48-17-13-21-10-14-37-15-11-21)33(44)34(47)40-23-5-4-22-19-38-41-28(22)18-23/h1-9,18-21,33,37,42-43H,10-17H2,(H,38,41)(H,40,47)/b9-6+. The lowest BCUT2D eigenvalue weighted by atomic mass is 9.90. The number of fused-ring (bicyclic) bond motifs is 2. The molecule has 4 aromatic rings. The zero-order chi connectivity index (χ0) is 33.0. The molecule has 3 aliphatic heterocycles. The Kier molecular flexibility index (Phi) is 9.23. The number of rotatable bonds is 9. The number of amides is 2. The molecule has 0 aliphatic carbocycles. The molecular weight excluding hydrogens is 637 g/mol. The zero-order valence-corrected chi connectivity index (χ0v) is 26.8. The number of hydrogen-bond acceptors (Lipinski definition) is 9. The average Bonchev–Trinajstić information content (AvgIpc) is 3.81. The van der Waals surface area contributed by atoms with E-state index in [2.05, 4.69) is 37.0 Å². The van der Waals surface area contributed by atoms with Crippen LogP contribution in [0.25, 0.3) is 17.0 Å². The largest absolute Gasteiger partial charge is 0.493 e. The molecule has 248 valence electrons. The molecule has 1 atom stereocenters. The van der Waals surface area contributed by atoms with Gasteiger partial charge in [0.2, 0.25) is 5.91 Å². The van der Waals surface area contributed by atoms with E-state index in [0.717, 1.165) is 54.6 Å². The molecule has 0 spiro atoms. The molecule has 1 saturated heterocycles. The number of anilines is 2. The number of aromatic amines is 1. The van der Waals surface area contributed by atoms with Crippen LogP contribution in [0.5, 0.6) is 5.75 Å². The smallest absolute Gasteiger partial charge is 0.251 e. The molecular formula is C34H35ClFN9O3. The molecule has 1 fully saturated rings. The summed E-state index contributed by atoms with van der Waals surface area (Å²) in [5.41, 5.74) is 8.69. The number of carbonyl (C=O) groups is 2. The number of nitrogens with one attached hydrogen (secondary N) is 5. The lowest BCUT2D eigenvalue weighted by molar-refractivity contribution is -0.135. The second-order valence-corrected chi connectivity index (χ2v) is 12.4. The molecule has 1 unspecified atom stereocenters. The van der Waals surface area contributed by atoms with Gasteiger partial charge in [-0.05, 0) is 92.7 Å². The Labute approximate surface area is 281 Å². The van der Waals surface area contributed by atoms with Gasteiger partial charge in [0.25, 0.3) is 5.91 Å². The van der Waals surface area contributed by atoms with E-state index in [4.69, 9.17) is 16.3 Å². The van der Waals surface area contributed by atoms with E-state index in [-0.39, 0.29) is 23.0 Å². The molecule has 0 saturated carbocycles. The van der Waals surface area contributed by atoms with E-state index in [1.165, 1.54) is 34.5 Å². The van der Waals surface area contributed by atoms with Crippen molar-refractivity contribution < 1.29 is 18.7 Å². The van der Waals surface area contributed by atoms with Crippen LogP contribution >= 0.6 is 11.6 Å². The van der Waals surface area contributed by atoms with E-state index in [1.807, 2.05) is 24.3 Å². The number of nitrogens with zero attached hydrogens (tertiary/aromatic N) is 4. The molecule has 3 aliphatic rings. The third kappa shape index (κ3) is 6.57. The third-order valence-corrected chi connectivity index (χ3v) is 9.32. The summed E-state index contributed by atoms with van der Waals surface area (Å²) in [6.45, 7) is 2.88. The van der Waals surface area contributed by atoms with Crippen molar-refractivity contribution in [3.05, 3.63) is 88.3 Å². The van der Waals surface area contributed by atoms with Crippen LogP contribution in [0.1, 0.15) is 42.0 Å². The van der Waals surface area contributed by atoms with E-state index in [9.17, 15) is 9.59 Å². The minimum Gasteiger partial charge on any atom is -0.493 e. The molecule has 0 bridgehead atoms. The van der Waals surface area contributed by atoms with Gasteiger partial charge >= 0.3 is 0 Å². The van der Waals surface area contributed by atoms with E-state index < -0.39 is 17.8 Å². The van der Waals surface area contributed by atoms with Crippen molar-refractivity contribution in [2.75, 3.05) is 36.6 Å². The Morgan fingerprint density at radius 1 is 1.15 bits per heavy atom. The molecule has 3 aromatic carbocycles. The van der Waals surface area contributed by atoms with Gasteiger partial charge in [0.15, 0.2) is 5.82 Å². The normalized spacial score (nSPS) is 17.9. The highest BCUT2D eigenvalue weighted by atomic mass is 35.5. The molecule has 12 nitrogen and oxygen atoms in total. The fraction of sp³-hybridized carbons (Fsp3) is 0.294. The first-order valence-corrected chi connectivity index (χ1v) is 16.3. The van der Waals surface area contributed by atoms with Gasteiger partial charge in [0, 0.05) is 34.8 Å². The van der Waals surface area contributed by atoms with Gasteiger partial charge in [0.1, 0.15) is 18.1 Å². The number of benzene rings is 3. The van der Waals surface area contributed by atoms with Crippen molar-refractivity contribution in [2.24, 2.45) is 11.0 Å². The Bertz CT molecular complexity index is 1890. The van der Waals surface area contributed by atoms with Crippen molar-refractivity contribution in [3.63, 3.8) is 0 Å². The average molecular weight is 672 g/mol. The van der Waals surface area contributed by atoms with Crippen LogP contribution in [0, 0.1) is 11.7 Å². The first-order valence-electron chi connectivity index (χ1n) is 16.0. The summed E-state index contributed by atoms with van der Waals surface area (Å²) in [5, 5.41) is 19.5. The third-order valence-electron chi connectivity index (χ3n) is 9.03. The quantitative estimate of drug-likeness (QED) is 0.162. The predicted molar refractivity (Wildman–Crippen MR) is 183 cm³/mol. The van der Waals surface area contributed by atoms with Gasteiger partial charge in [-0.1, -0.05) is 23.7 Å². The van der Waals surface area contributed by atoms with Crippen LogP contribution in [0.2, 0.25) is 5.02 Å². The lowest BCUT2D eigenvalue weighted by Crippen LogP contribution is -2.45. The predicted octanol–water partition coefficient (Wildman–Crippen LogP) is 4.67. The Morgan fingerprint density at radius 3 is 2.85 bits per heavy atom. The van der Waals surface area contributed by atoms with Crippen LogP contribution in [0.4, 0.5) is 15.8 Å². The second-order valence-electron chi connectivity index (χ2n) is 12.0. The Hall–Kier alpha value is -4.98. The maximum atomic E-state index is 15.3. The molecule has 0 radical (unpaired) electrons. The van der Waals surface area contributed by atoms with Crippen molar-refractivity contribution in [1.29, 1.82) is 0 Å². The van der Waals surface area contributed by atoms with Crippen LogP contribution < -0.4 is 31.4 Å². The van der Waals surface area contributed by atoms with Crippen LogP contribution in [-0.4, -0.2) is 59.5 Å². The summed E-state index contributed by atoms with van der Waals surface area (Å²) >= 11 is 6.11. The lowest BCUT2D eigenvalue weighted by Gasteiger charge is -2.36. The van der Waals surface area contributed by atoms with Gasteiger partial charge in [-0.2, -0.15) is 10.2 Å². The summed E-state index contributed by atoms with van der Waals surface area (Å²) in [4.78, 5) is 29.6. The fourth-order valence-electron chi connectivity index (χ4n) is 6.52. The van der Waals surface area contributed by atoms with Crippen molar-refractivity contribution in [1.82, 2.24) is 31.5 Å². The fourth-order valence-corrected chi connectivity index (χ4v) is 6.68. The number of H-pyrrole nitrogens is 1. The van der Waals surface area contributed by atoms with E-state index >= 15 is 4.39 Å². The van der Waals surface area contributed by atoms with Crippen molar-refractivity contribution in [3.8, 4) is 5.75 Å². The highest BCUT2D eigenvalue weighted by Crippen LogP contribution is 2.37. The van der Waals surface area contributed by atoms with Crippen LogP contribution in [0.15, 0.2) is 65.9 Å². The molecule has 1 aromatic heterocycles. The first kappa shape index (κ1) is 31.6. The van der Waals surface area contributed by atoms with Gasteiger partial charge in [-0.15, -0.1) is 5.53 Å². The Balaban J connectivity index is 1.18. The molecule has 5 N–H and O–H groups in total. The molecule has 7 rings (SSSR count). The summed E-state index contributed by atoms with van der Waals surface area (Å²) in [7, 11) is 0. The molecule has 2 amide bonds. The minimum absolute atomic E-state index is 0.0780. The topological polar surface area (TPSA) is 139 Å². The van der Waals surface area contributed by atoms with E-state index in [0.29, 0.717) is 35.9 Å². The summed E-state index contributed by atoms with van der Waals surface area (Å²) in [6.07, 6.45) is 9.46. The molecule has 4 heterocycles. The van der Waals surface area contributed by atoms with Gasteiger partial charge in [-0.25, -0.2) is 14.9 Å². The number of halogens is 2. The summed E-state index contributed by atoms with van der Waals surface area (Å²) in [6, 6.07) is 13.1. The van der Waals surface area contributed by atoms with Crippen molar-refractivity contribution >= 4 is 58.1 Å². The number of ether oxygens (including phenoxy) is 1. The summed E-state index contributed by atoms with van der Waals surface area (Å²) < 4.78 is 21.6. The number of piperidine rings is 1. The minimum atomic E-state index is -0.975. The highest BCUT2D eigenvalue weighted by Gasteiger charge is 2.37. The van der Waals surface area contributed by atoms with E-state index in [1.54, 1.807) is 24.4 Å². The SMILES string of the molecule is O=C(Nc1ccc2cn[nH]c2c1)C1c2cccc(OCCC3CCNCC3)c2CCN1C(=O)/C=C/c1c(N2C=NNN2)ccc(Cl)c1F.